The monoisotopic (exact) mass is 355 g/mol. The van der Waals surface area contributed by atoms with Crippen LogP contribution < -0.4 is 5.32 Å². The highest BCUT2D eigenvalue weighted by atomic mass is 35.5. The first-order chi connectivity index (χ1) is 9.85. The van der Waals surface area contributed by atoms with Gasteiger partial charge in [0, 0.05) is 26.2 Å². The summed E-state index contributed by atoms with van der Waals surface area (Å²) in [6.45, 7) is 10.6. The normalized spacial score (nSPS) is 24.9. The molecule has 132 valence electrons. The summed E-state index contributed by atoms with van der Waals surface area (Å²) < 4.78 is 34.3. The van der Waals surface area contributed by atoms with E-state index in [2.05, 4.69) is 12.2 Å². The third kappa shape index (κ3) is 5.04. The molecular formula is C14H30ClN3O3S. The Morgan fingerprint density at radius 2 is 1.82 bits per heavy atom. The van der Waals surface area contributed by atoms with Crippen LogP contribution in [0.5, 0.6) is 0 Å². The van der Waals surface area contributed by atoms with E-state index in [0.717, 1.165) is 25.9 Å². The first-order valence-corrected chi connectivity index (χ1v) is 9.35. The van der Waals surface area contributed by atoms with Crippen LogP contribution in [0.1, 0.15) is 33.6 Å². The third-order valence-electron chi connectivity index (χ3n) is 4.30. The molecule has 0 atom stereocenters. The van der Waals surface area contributed by atoms with Crippen molar-refractivity contribution in [2.75, 3.05) is 45.9 Å². The van der Waals surface area contributed by atoms with Gasteiger partial charge in [0.2, 0.25) is 0 Å². The maximum atomic E-state index is 12.7. The molecule has 2 heterocycles. The minimum atomic E-state index is -3.33. The first-order valence-electron chi connectivity index (χ1n) is 7.95. The highest BCUT2D eigenvalue weighted by Crippen LogP contribution is 2.24. The lowest BCUT2D eigenvalue weighted by molar-refractivity contribution is -0.0654. The number of piperidine rings is 1. The smallest absolute Gasteiger partial charge is 0.282 e. The van der Waals surface area contributed by atoms with Crippen LogP contribution >= 0.6 is 12.4 Å². The fraction of sp³-hybridized carbons (Fsp3) is 1.00. The number of rotatable bonds is 5. The molecule has 8 heteroatoms. The SMILES string of the molecule is CCNCC1CCN(S(=O)(=O)N2CCOC(C)(C)C2)CC1.Cl. The second-order valence-electron chi connectivity index (χ2n) is 6.60. The van der Waals surface area contributed by atoms with E-state index >= 15 is 0 Å². The summed E-state index contributed by atoms with van der Waals surface area (Å²) in [5, 5.41) is 3.35. The van der Waals surface area contributed by atoms with Crippen molar-refractivity contribution in [3.8, 4) is 0 Å². The Hall–Kier alpha value is 0.0800. The largest absolute Gasteiger partial charge is 0.373 e. The molecule has 6 nitrogen and oxygen atoms in total. The topological polar surface area (TPSA) is 61.9 Å². The molecule has 0 saturated carbocycles. The van der Waals surface area contributed by atoms with Crippen molar-refractivity contribution in [1.29, 1.82) is 0 Å². The molecule has 0 amide bonds. The van der Waals surface area contributed by atoms with Gasteiger partial charge in [-0.25, -0.2) is 0 Å². The van der Waals surface area contributed by atoms with Crippen LogP contribution in [0, 0.1) is 5.92 Å². The van der Waals surface area contributed by atoms with E-state index in [1.807, 2.05) is 13.8 Å². The number of hydrogen-bond donors (Lipinski definition) is 1. The lowest BCUT2D eigenvalue weighted by Gasteiger charge is -2.41. The molecule has 2 aliphatic rings. The van der Waals surface area contributed by atoms with E-state index in [0.29, 0.717) is 38.7 Å². The highest BCUT2D eigenvalue weighted by Gasteiger charge is 2.38. The van der Waals surface area contributed by atoms with Gasteiger partial charge >= 0.3 is 0 Å². The molecule has 0 spiro atoms. The highest BCUT2D eigenvalue weighted by molar-refractivity contribution is 7.86. The van der Waals surface area contributed by atoms with E-state index in [9.17, 15) is 8.42 Å². The van der Waals surface area contributed by atoms with Crippen molar-refractivity contribution in [3.05, 3.63) is 0 Å². The molecule has 22 heavy (non-hydrogen) atoms. The summed E-state index contributed by atoms with van der Waals surface area (Å²) in [5.41, 5.74) is -0.394. The number of nitrogens with zero attached hydrogens (tertiary/aromatic N) is 2. The van der Waals surface area contributed by atoms with Crippen LogP contribution in [0.2, 0.25) is 0 Å². The molecule has 2 saturated heterocycles. The zero-order valence-electron chi connectivity index (χ0n) is 13.9. The van der Waals surface area contributed by atoms with Crippen molar-refractivity contribution in [1.82, 2.24) is 13.9 Å². The van der Waals surface area contributed by atoms with Crippen LogP contribution in [-0.4, -0.2) is 68.5 Å². The van der Waals surface area contributed by atoms with Gasteiger partial charge in [0.05, 0.1) is 12.2 Å². The molecule has 0 aromatic rings. The molecule has 0 aliphatic carbocycles. The number of halogens is 1. The second-order valence-corrected chi connectivity index (χ2v) is 8.53. The standard InChI is InChI=1S/C14H29N3O3S.ClH/c1-4-15-11-13-5-7-16(8-6-13)21(18,19)17-9-10-20-14(2,3)12-17;/h13,15H,4-12H2,1-3H3;1H. The van der Waals surface area contributed by atoms with Crippen molar-refractivity contribution in [2.45, 2.75) is 39.2 Å². The lowest BCUT2D eigenvalue weighted by Crippen LogP contribution is -2.55. The predicted molar refractivity (Wildman–Crippen MR) is 90.6 cm³/mol. The van der Waals surface area contributed by atoms with Gasteiger partial charge in [0.1, 0.15) is 0 Å². The van der Waals surface area contributed by atoms with E-state index in [4.69, 9.17) is 4.74 Å². The molecule has 2 fully saturated rings. The van der Waals surface area contributed by atoms with Gasteiger partial charge in [0.15, 0.2) is 0 Å². The molecule has 2 aliphatic heterocycles. The Labute approximate surface area is 141 Å². The van der Waals surface area contributed by atoms with Crippen LogP contribution in [0.4, 0.5) is 0 Å². The fourth-order valence-electron chi connectivity index (χ4n) is 3.03. The van der Waals surface area contributed by atoms with Crippen LogP contribution in [-0.2, 0) is 14.9 Å². The number of hydrogen-bond acceptors (Lipinski definition) is 4. The summed E-state index contributed by atoms with van der Waals surface area (Å²) >= 11 is 0. The first kappa shape index (κ1) is 20.1. The lowest BCUT2D eigenvalue weighted by atomic mass is 9.98. The van der Waals surface area contributed by atoms with Crippen LogP contribution in [0.25, 0.3) is 0 Å². The zero-order chi connectivity index (χ0) is 15.5. The average Bonchev–Trinajstić information content (AvgIpc) is 2.44. The summed E-state index contributed by atoms with van der Waals surface area (Å²) in [7, 11) is -3.33. The third-order valence-corrected chi connectivity index (χ3v) is 6.28. The quantitative estimate of drug-likeness (QED) is 0.801. The summed E-state index contributed by atoms with van der Waals surface area (Å²) in [5.74, 6) is 0.595. The Morgan fingerprint density at radius 3 is 2.36 bits per heavy atom. The Morgan fingerprint density at radius 1 is 1.18 bits per heavy atom. The van der Waals surface area contributed by atoms with Gasteiger partial charge in [-0.05, 0) is 45.7 Å². The number of nitrogens with one attached hydrogen (secondary N) is 1. The summed E-state index contributed by atoms with van der Waals surface area (Å²) in [4.78, 5) is 0. The van der Waals surface area contributed by atoms with Crippen molar-refractivity contribution in [3.63, 3.8) is 0 Å². The Bertz CT molecular complexity index is 437. The minimum Gasteiger partial charge on any atom is -0.373 e. The molecule has 0 radical (unpaired) electrons. The molecule has 0 unspecified atom stereocenters. The van der Waals surface area contributed by atoms with Gasteiger partial charge < -0.3 is 10.1 Å². The van der Waals surface area contributed by atoms with E-state index in [1.165, 1.54) is 0 Å². The van der Waals surface area contributed by atoms with Crippen molar-refractivity contribution >= 4 is 22.6 Å². The summed E-state index contributed by atoms with van der Waals surface area (Å²) in [6.07, 6.45) is 1.89. The average molecular weight is 356 g/mol. The number of morpholine rings is 1. The van der Waals surface area contributed by atoms with E-state index < -0.39 is 15.8 Å². The van der Waals surface area contributed by atoms with Crippen molar-refractivity contribution < 1.29 is 13.2 Å². The second kappa shape index (κ2) is 8.26. The minimum absolute atomic E-state index is 0. The zero-order valence-corrected chi connectivity index (χ0v) is 15.5. The maximum Gasteiger partial charge on any atom is 0.282 e. The van der Waals surface area contributed by atoms with Gasteiger partial charge in [0.25, 0.3) is 10.2 Å². The molecule has 0 aromatic heterocycles. The van der Waals surface area contributed by atoms with Crippen LogP contribution in [0.15, 0.2) is 0 Å². The molecular weight excluding hydrogens is 326 g/mol. The molecule has 2 rings (SSSR count). The van der Waals surface area contributed by atoms with E-state index in [-0.39, 0.29) is 12.4 Å². The van der Waals surface area contributed by atoms with Gasteiger partial charge in [-0.1, -0.05) is 6.92 Å². The van der Waals surface area contributed by atoms with Gasteiger partial charge in [-0.2, -0.15) is 17.0 Å². The van der Waals surface area contributed by atoms with Gasteiger partial charge in [-0.3, -0.25) is 0 Å². The van der Waals surface area contributed by atoms with Crippen LogP contribution in [0.3, 0.4) is 0 Å². The van der Waals surface area contributed by atoms with E-state index in [1.54, 1.807) is 8.61 Å². The molecule has 0 aromatic carbocycles. The van der Waals surface area contributed by atoms with Crippen molar-refractivity contribution in [2.24, 2.45) is 5.92 Å². The molecule has 1 N–H and O–H groups in total. The summed E-state index contributed by atoms with van der Waals surface area (Å²) in [6, 6.07) is 0. The predicted octanol–water partition coefficient (Wildman–Crippen LogP) is 1.09. The Balaban J connectivity index is 0.00000242. The Kier molecular flexibility index (Phi) is 7.56. The fourth-order valence-corrected chi connectivity index (χ4v) is 4.80. The maximum absolute atomic E-state index is 12.7. The molecule has 0 bridgehead atoms. The van der Waals surface area contributed by atoms with Gasteiger partial charge in [-0.15, -0.1) is 12.4 Å². The number of ether oxygens (including phenoxy) is 1.